The molecule has 3 rings (SSSR count). The first-order chi connectivity index (χ1) is 7.90. The van der Waals surface area contributed by atoms with Crippen molar-refractivity contribution in [2.24, 2.45) is 0 Å². The van der Waals surface area contributed by atoms with E-state index in [-0.39, 0.29) is 6.10 Å². The van der Waals surface area contributed by atoms with E-state index in [0.717, 1.165) is 38.3 Å². The highest BCUT2D eigenvalue weighted by Gasteiger charge is 2.27. The van der Waals surface area contributed by atoms with Crippen LogP contribution < -0.4 is 10.1 Å². The van der Waals surface area contributed by atoms with Crippen LogP contribution in [0.2, 0.25) is 0 Å². The predicted molar refractivity (Wildman–Crippen MR) is 62.0 cm³/mol. The minimum Gasteiger partial charge on any atom is -0.496 e. The van der Waals surface area contributed by atoms with E-state index in [9.17, 15) is 0 Å². The minimum absolute atomic E-state index is 0.219. The zero-order valence-corrected chi connectivity index (χ0v) is 9.58. The second-order valence-electron chi connectivity index (χ2n) is 4.38. The largest absolute Gasteiger partial charge is 0.496 e. The Balaban J connectivity index is 2.16. The van der Waals surface area contributed by atoms with E-state index >= 15 is 0 Å². The Labute approximate surface area is 95.8 Å². The number of hydrogen-bond donors (Lipinski definition) is 1. The van der Waals surface area contributed by atoms with Gasteiger partial charge >= 0.3 is 0 Å². The van der Waals surface area contributed by atoms with E-state index in [0.29, 0.717) is 0 Å². The molecular formula is C13H17NO2. The van der Waals surface area contributed by atoms with Gasteiger partial charge in [0.2, 0.25) is 0 Å². The highest BCUT2D eigenvalue weighted by atomic mass is 16.5. The van der Waals surface area contributed by atoms with Crippen molar-refractivity contribution in [3.05, 3.63) is 28.8 Å². The molecule has 1 atom stereocenters. The maximum atomic E-state index is 5.85. The molecule has 0 aliphatic carbocycles. The summed E-state index contributed by atoms with van der Waals surface area (Å²) in [6.07, 6.45) is 2.28. The summed E-state index contributed by atoms with van der Waals surface area (Å²) in [7, 11) is 1.75. The molecule has 0 saturated heterocycles. The van der Waals surface area contributed by atoms with Crippen molar-refractivity contribution < 1.29 is 9.47 Å². The molecule has 0 spiro atoms. The second kappa shape index (κ2) is 4.07. The third kappa shape index (κ3) is 1.51. The first-order valence-corrected chi connectivity index (χ1v) is 5.91. The minimum atomic E-state index is 0.219. The van der Waals surface area contributed by atoms with Gasteiger partial charge in [-0.25, -0.2) is 0 Å². The van der Waals surface area contributed by atoms with Crippen molar-refractivity contribution in [2.75, 3.05) is 26.8 Å². The quantitative estimate of drug-likeness (QED) is 0.775. The second-order valence-corrected chi connectivity index (χ2v) is 4.38. The molecular weight excluding hydrogens is 202 g/mol. The third-order valence-electron chi connectivity index (χ3n) is 3.52. The zero-order chi connectivity index (χ0) is 11.0. The van der Waals surface area contributed by atoms with Crippen LogP contribution in [0.25, 0.3) is 0 Å². The molecule has 0 radical (unpaired) electrons. The highest BCUT2D eigenvalue weighted by molar-refractivity contribution is 5.48. The Morgan fingerprint density at radius 1 is 1.38 bits per heavy atom. The van der Waals surface area contributed by atoms with E-state index in [4.69, 9.17) is 9.47 Å². The molecule has 3 nitrogen and oxygen atoms in total. The molecule has 1 aromatic rings. The number of ether oxygens (including phenoxy) is 2. The van der Waals surface area contributed by atoms with E-state index in [2.05, 4.69) is 17.4 Å². The van der Waals surface area contributed by atoms with Crippen molar-refractivity contribution in [1.29, 1.82) is 0 Å². The maximum absolute atomic E-state index is 5.85. The SMILES string of the molecule is COc1ccc2c3c1CCOC3CNCC2. The summed E-state index contributed by atoms with van der Waals surface area (Å²) in [6, 6.07) is 4.29. The van der Waals surface area contributed by atoms with Crippen LogP contribution in [-0.2, 0) is 17.6 Å². The monoisotopic (exact) mass is 219 g/mol. The lowest BCUT2D eigenvalue weighted by atomic mass is 9.91. The molecule has 0 bridgehead atoms. The van der Waals surface area contributed by atoms with Crippen LogP contribution >= 0.6 is 0 Å². The van der Waals surface area contributed by atoms with Crippen LogP contribution in [0.4, 0.5) is 0 Å². The topological polar surface area (TPSA) is 30.5 Å². The smallest absolute Gasteiger partial charge is 0.122 e. The lowest BCUT2D eigenvalue weighted by Gasteiger charge is -2.28. The van der Waals surface area contributed by atoms with Gasteiger partial charge in [0.15, 0.2) is 0 Å². The van der Waals surface area contributed by atoms with Gasteiger partial charge in [-0.2, -0.15) is 0 Å². The molecule has 1 unspecified atom stereocenters. The summed E-state index contributed by atoms with van der Waals surface area (Å²) in [6.45, 7) is 2.77. The van der Waals surface area contributed by atoms with Crippen molar-refractivity contribution in [2.45, 2.75) is 18.9 Å². The molecule has 1 N–H and O–H groups in total. The first-order valence-electron chi connectivity index (χ1n) is 5.91. The summed E-state index contributed by atoms with van der Waals surface area (Å²) >= 11 is 0. The Morgan fingerprint density at radius 3 is 3.19 bits per heavy atom. The first kappa shape index (κ1) is 10.1. The fourth-order valence-corrected chi connectivity index (χ4v) is 2.77. The summed E-state index contributed by atoms with van der Waals surface area (Å²) in [5, 5.41) is 3.43. The summed E-state index contributed by atoms with van der Waals surface area (Å²) < 4.78 is 11.3. The number of nitrogens with one attached hydrogen (secondary N) is 1. The van der Waals surface area contributed by atoms with Gasteiger partial charge in [-0.1, -0.05) is 6.07 Å². The Kier molecular flexibility index (Phi) is 2.58. The molecule has 1 aromatic carbocycles. The van der Waals surface area contributed by atoms with Gasteiger partial charge in [0.25, 0.3) is 0 Å². The summed E-state index contributed by atoms with van der Waals surface area (Å²) in [4.78, 5) is 0. The van der Waals surface area contributed by atoms with Crippen molar-refractivity contribution >= 4 is 0 Å². The number of benzene rings is 1. The van der Waals surface area contributed by atoms with E-state index in [1.807, 2.05) is 0 Å². The predicted octanol–water partition coefficient (Wildman–Crippen LogP) is 1.45. The Morgan fingerprint density at radius 2 is 2.31 bits per heavy atom. The van der Waals surface area contributed by atoms with Crippen LogP contribution in [-0.4, -0.2) is 26.8 Å². The molecule has 0 amide bonds. The van der Waals surface area contributed by atoms with Gasteiger partial charge in [0, 0.05) is 12.1 Å². The molecule has 2 heterocycles. The molecule has 0 aromatic heterocycles. The number of methoxy groups -OCH3 is 1. The fraction of sp³-hybridized carbons (Fsp3) is 0.538. The maximum Gasteiger partial charge on any atom is 0.122 e. The third-order valence-corrected chi connectivity index (χ3v) is 3.52. The van der Waals surface area contributed by atoms with E-state index in [1.54, 1.807) is 7.11 Å². The summed E-state index contributed by atoms with van der Waals surface area (Å²) in [5.41, 5.74) is 4.17. The van der Waals surface area contributed by atoms with Gasteiger partial charge in [-0.15, -0.1) is 0 Å². The van der Waals surface area contributed by atoms with E-state index in [1.165, 1.54) is 16.7 Å². The lowest BCUT2D eigenvalue weighted by molar-refractivity contribution is 0.0434. The average Bonchev–Trinajstić information content (AvgIpc) is 2.54. The van der Waals surface area contributed by atoms with Gasteiger partial charge in [-0.3, -0.25) is 0 Å². The van der Waals surface area contributed by atoms with Crippen molar-refractivity contribution in [3.8, 4) is 5.75 Å². The standard InChI is InChI=1S/C13H17NO2/c1-15-11-3-2-9-4-6-14-8-12-13(9)10(11)5-7-16-12/h2-3,12,14H,4-8H2,1H3. The average molecular weight is 219 g/mol. The van der Waals surface area contributed by atoms with Crippen molar-refractivity contribution in [1.82, 2.24) is 5.32 Å². The molecule has 2 aliphatic heterocycles. The van der Waals surface area contributed by atoms with E-state index < -0.39 is 0 Å². The summed E-state index contributed by atoms with van der Waals surface area (Å²) in [5.74, 6) is 1.02. The molecule has 2 aliphatic rings. The van der Waals surface area contributed by atoms with Crippen LogP contribution in [0.1, 0.15) is 22.8 Å². The zero-order valence-electron chi connectivity index (χ0n) is 9.58. The normalized spacial score (nSPS) is 23.4. The fourth-order valence-electron chi connectivity index (χ4n) is 2.77. The number of hydrogen-bond acceptors (Lipinski definition) is 3. The molecule has 86 valence electrons. The van der Waals surface area contributed by atoms with Crippen LogP contribution in [0, 0.1) is 0 Å². The molecule has 0 saturated carbocycles. The number of rotatable bonds is 1. The lowest BCUT2D eigenvalue weighted by Crippen LogP contribution is -2.26. The molecule has 16 heavy (non-hydrogen) atoms. The van der Waals surface area contributed by atoms with Gasteiger partial charge in [0.05, 0.1) is 19.8 Å². The Bertz CT molecular complexity index is 403. The van der Waals surface area contributed by atoms with Crippen LogP contribution in [0.3, 0.4) is 0 Å². The van der Waals surface area contributed by atoms with Crippen LogP contribution in [0.5, 0.6) is 5.75 Å². The van der Waals surface area contributed by atoms with Crippen molar-refractivity contribution in [3.63, 3.8) is 0 Å². The Hall–Kier alpha value is -1.06. The molecule has 3 heteroatoms. The van der Waals surface area contributed by atoms with Crippen LogP contribution in [0.15, 0.2) is 12.1 Å². The highest BCUT2D eigenvalue weighted by Crippen LogP contribution is 2.36. The molecule has 0 fully saturated rings. The van der Waals surface area contributed by atoms with Gasteiger partial charge in [0.1, 0.15) is 5.75 Å². The van der Waals surface area contributed by atoms with Gasteiger partial charge in [-0.05, 0) is 36.6 Å². The van der Waals surface area contributed by atoms with Gasteiger partial charge < -0.3 is 14.8 Å².